The smallest absolute Gasteiger partial charge is 0.130 e. The van der Waals surface area contributed by atoms with Crippen molar-refractivity contribution >= 4 is 10.8 Å². The van der Waals surface area contributed by atoms with Gasteiger partial charge in [0.05, 0.1) is 0 Å². The fraction of sp³-hybridized carbons (Fsp3) is 0.357. The van der Waals surface area contributed by atoms with Crippen molar-refractivity contribution in [2.75, 3.05) is 18.1 Å². The maximum Gasteiger partial charge on any atom is 0.130 e. The van der Waals surface area contributed by atoms with Gasteiger partial charge in [0, 0.05) is 27.9 Å². The first-order valence-electron chi connectivity index (χ1n) is 11.8. The van der Waals surface area contributed by atoms with Crippen molar-refractivity contribution in [3.63, 3.8) is 0 Å². The Morgan fingerprint density at radius 3 is 2.38 bits per heavy atom. The van der Waals surface area contributed by atoms with Gasteiger partial charge in [0.2, 0.25) is 0 Å². The van der Waals surface area contributed by atoms with Crippen molar-refractivity contribution in [3.05, 3.63) is 83.2 Å². The summed E-state index contributed by atoms with van der Waals surface area (Å²) in [6.45, 7) is 0.370. The Hall–Kier alpha value is -2.70. The van der Waals surface area contributed by atoms with Crippen LogP contribution in [-0.2, 0) is 30.2 Å². The second kappa shape index (κ2) is 9.88. The molecule has 0 aromatic heterocycles. The monoisotopic (exact) mass is 480 g/mol. The molecule has 1 aliphatic heterocycles. The van der Waals surface area contributed by atoms with Crippen LogP contribution < -0.4 is 9.47 Å². The topological polar surface area (TPSA) is 55.8 Å². The SMILES string of the molecule is O=S1CCC(O)(COc2ccc3c(c2)CCCc2cc(F)c(COc4ccccc4)cc2-3)CC1. The number of halogens is 1. The molecule has 0 radical (unpaired) electrons. The van der Waals surface area contributed by atoms with Gasteiger partial charge in [-0.15, -0.1) is 0 Å². The Morgan fingerprint density at radius 1 is 0.882 bits per heavy atom. The normalized spacial score (nSPS) is 21.8. The summed E-state index contributed by atoms with van der Waals surface area (Å²) < 4.78 is 38.2. The van der Waals surface area contributed by atoms with Crippen molar-refractivity contribution in [2.45, 2.75) is 44.3 Å². The number of ether oxygens (including phenoxy) is 2. The van der Waals surface area contributed by atoms with Crippen molar-refractivity contribution < 1.29 is 23.2 Å². The second-order valence-corrected chi connectivity index (χ2v) is 10.9. The van der Waals surface area contributed by atoms with Gasteiger partial charge in [-0.2, -0.15) is 0 Å². The molecule has 34 heavy (non-hydrogen) atoms. The first kappa shape index (κ1) is 23.1. The number of aryl methyl sites for hydroxylation is 2. The Morgan fingerprint density at radius 2 is 1.62 bits per heavy atom. The molecule has 0 saturated carbocycles. The lowest BCUT2D eigenvalue weighted by Crippen LogP contribution is -2.42. The van der Waals surface area contributed by atoms with Gasteiger partial charge in [-0.1, -0.05) is 24.3 Å². The van der Waals surface area contributed by atoms with E-state index in [0.717, 1.165) is 47.3 Å². The van der Waals surface area contributed by atoms with E-state index >= 15 is 0 Å². The molecule has 0 bridgehead atoms. The van der Waals surface area contributed by atoms with E-state index in [-0.39, 0.29) is 19.0 Å². The highest BCUT2D eigenvalue weighted by Gasteiger charge is 2.33. The summed E-state index contributed by atoms with van der Waals surface area (Å²) in [6.07, 6.45) is 3.61. The minimum absolute atomic E-state index is 0.170. The number of rotatable bonds is 6. The van der Waals surface area contributed by atoms with Gasteiger partial charge in [-0.3, -0.25) is 4.21 Å². The molecule has 1 fully saturated rings. The van der Waals surface area contributed by atoms with Gasteiger partial charge >= 0.3 is 0 Å². The number of benzene rings is 3. The lowest BCUT2D eigenvalue weighted by Gasteiger charge is -2.31. The van der Waals surface area contributed by atoms with Crippen LogP contribution in [0, 0.1) is 5.82 Å². The zero-order chi connectivity index (χ0) is 23.5. The van der Waals surface area contributed by atoms with Gasteiger partial charge in [-0.05, 0) is 90.8 Å². The fourth-order valence-electron chi connectivity index (χ4n) is 4.70. The van der Waals surface area contributed by atoms with Crippen LogP contribution in [0.15, 0.2) is 60.7 Å². The van der Waals surface area contributed by atoms with Crippen LogP contribution in [0.3, 0.4) is 0 Å². The van der Waals surface area contributed by atoms with Crippen LogP contribution in [0.5, 0.6) is 11.5 Å². The molecule has 0 unspecified atom stereocenters. The quantitative estimate of drug-likeness (QED) is 0.526. The minimum Gasteiger partial charge on any atom is -0.491 e. The summed E-state index contributed by atoms with van der Waals surface area (Å²) in [5.74, 6) is 2.24. The van der Waals surface area contributed by atoms with E-state index in [1.165, 1.54) is 0 Å². The molecule has 1 N–H and O–H groups in total. The van der Waals surface area contributed by atoms with E-state index in [0.29, 0.717) is 35.7 Å². The number of fused-ring (bicyclic) bond motifs is 3. The number of para-hydroxylation sites is 1. The molecule has 4 nitrogen and oxygen atoms in total. The molecule has 2 aliphatic rings. The summed E-state index contributed by atoms with van der Waals surface area (Å²) in [4.78, 5) is 0. The molecule has 5 rings (SSSR count). The standard InChI is InChI=1S/C28H29FO4S/c29-27-17-21-6-4-5-20-15-24(33-19-28(30)11-13-34(31)14-12-28)9-10-25(20)26(21)16-22(27)18-32-23-7-2-1-3-8-23/h1-3,7-10,15-17,30H,4-6,11-14,18-19H2. The maximum atomic E-state index is 14.8. The van der Waals surface area contributed by atoms with Crippen LogP contribution in [0.25, 0.3) is 11.1 Å². The first-order chi connectivity index (χ1) is 16.5. The first-order valence-corrected chi connectivity index (χ1v) is 13.3. The van der Waals surface area contributed by atoms with Crippen LogP contribution in [-0.4, -0.2) is 33.0 Å². The fourth-order valence-corrected chi connectivity index (χ4v) is 6.12. The molecule has 0 spiro atoms. The Kier molecular flexibility index (Phi) is 6.70. The van der Waals surface area contributed by atoms with E-state index in [1.807, 2.05) is 54.6 Å². The lowest BCUT2D eigenvalue weighted by molar-refractivity contribution is -0.0122. The second-order valence-electron chi connectivity index (χ2n) is 9.24. The lowest BCUT2D eigenvalue weighted by atomic mass is 9.94. The van der Waals surface area contributed by atoms with E-state index in [1.54, 1.807) is 6.07 Å². The summed E-state index contributed by atoms with van der Waals surface area (Å²) in [5.41, 5.74) is 3.92. The molecule has 0 amide bonds. The molecule has 3 aromatic rings. The molecular weight excluding hydrogens is 451 g/mol. The molecule has 1 saturated heterocycles. The average molecular weight is 481 g/mol. The highest BCUT2D eigenvalue weighted by atomic mass is 32.2. The Labute approximate surface area is 202 Å². The third-order valence-corrected chi connectivity index (χ3v) is 8.09. The molecular formula is C28H29FO4S. The van der Waals surface area contributed by atoms with Gasteiger partial charge in [-0.25, -0.2) is 4.39 Å². The third-order valence-electron chi connectivity index (χ3n) is 6.77. The highest BCUT2D eigenvalue weighted by molar-refractivity contribution is 7.85. The summed E-state index contributed by atoms with van der Waals surface area (Å²) in [7, 11) is -0.827. The van der Waals surface area contributed by atoms with E-state index < -0.39 is 16.4 Å². The molecule has 178 valence electrons. The number of hydrogen-bond donors (Lipinski definition) is 1. The van der Waals surface area contributed by atoms with Crippen LogP contribution in [0.1, 0.15) is 36.0 Å². The van der Waals surface area contributed by atoms with Crippen molar-refractivity contribution in [1.82, 2.24) is 0 Å². The van der Waals surface area contributed by atoms with Crippen molar-refractivity contribution in [1.29, 1.82) is 0 Å². The number of aliphatic hydroxyl groups is 1. The van der Waals surface area contributed by atoms with E-state index in [4.69, 9.17) is 9.47 Å². The Bertz CT molecular complexity index is 1180. The van der Waals surface area contributed by atoms with E-state index in [9.17, 15) is 13.7 Å². The summed E-state index contributed by atoms with van der Waals surface area (Å²) >= 11 is 0. The highest BCUT2D eigenvalue weighted by Crippen LogP contribution is 2.36. The molecule has 1 aliphatic carbocycles. The van der Waals surface area contributed by atoms with E-state index in [2.05, 4.69) is 0 Å². The van der Waals surface area contributed by atoms with Gasteiger partial charge in [0.15, 0.2) is 0 Å². The summed E-state index contributed by atoms with van der Waals surface area (Å²) in [5, 5.41) is 10.7. The van der Waals surface area contributed by atoms with Crippen molar-refractivity contribution in [2.24, 2.45) is 0 Å². The molecule has 3 aromatic carbocycles. The van der Waals surface area contributed by atoms with Gasteiger partial charge < -0.3 is 14.6 Å². The average Bonchev–Trinajstić information content (AvgIpc) is 3.02. The third kappa shape index (κ3) is 5.18. The van der Waals surface area contributed by atoms with Crippen LogP contribution in [0.4, 0.5) is 4.39 Å². The van der Waals surface area contributed by atoms with Crippen molar-refractivity contribution in [3.8, 4) is 22.6 Å². The molecule has 6 heteroatoms. The number of hydrogen-bond acceptors (Lipinski definition) is 4. The van der Waals surface area contributed by atoms with Crippen LogP contribution in [0.2, 0.25) is 0 Å². The molecule has 1 heterocycles. The minimum atomic E-state index is -0.918. The molecule has 0 atom stereocenters. The van der Waals surface area contributed by atoms with Gasteiger partial charge in [0.1, 0.15) is 36.1 Å². The zero-order valence-corrected chi connectivity index (χ0v) is 19.9. The maximum absolute atomic E-state index is 14.8. The predicted molar refractivity (Wildman–Crippen MR) is 132 cm³/mol. The van der Waals surface area contributed by atoms with Crippen LogP contribution >= 0.6 is 0 Å². The largest absolute Gasteiger partial charge is 0.491 e. The summed E-state index contributed by atoms with van der Waals surface area (Å²) in [6, 6.07) is 19.0. The zero-order valence-electron chi connectivity index (χ0n) is 19.1. The van der Waals surface area contributed by atoms with Gasteiger partial charge in [0.25, 0.3) is 0 Å². The predicted octanol–water partition coefficient (Wildman–Crippen LogP) is 5.21. The Balaban J connectivity index is 1.36.